The summed E-state index contributed by atoms with van der Waals surface area (Å²) >= 11 is 0. The van der Waals surface area contributed by atoms with Crippen LogP contribution in [0.4, 0.5) is 0 Å². The third kappa shape index (κ3) is 7.15. The number of carbonyl (C=O) groups is 1. The number of guanidine groups is 1. The zero-order chi connectivity index (χ0) is 20.4. The minimum Gasteiger partial charge on any atom is -0.356 e. The Hall–Kier alpha value is -2.08. The molecule has 0 radical (unpaired) electrons. The average Bonchev–Trinajstić information content (AvgIpc) is 3.17. The smallest absolute Gasteiger partial charge is 0.243 e. The van der Waals surface area contributed by atoms with E-state index >= 15 is 0 Å². The Balaban J connectivity index is 1.95. The van der Waals surface area contributed by atoms with Crippen LogP contribution in [-0.2, 0) is 11.2 Å². The quantitative estimate of drug-likeness (QED) is 0.520. The van der Waals surface area contributed by atoms with E-state index in [-0.39, 0.29) is 12.5 Å². The molecule has 2 rings (SSSR count). The molecule has 28 heavy (non-hydrogen) atoms. The van der Waals surface area contributed by atoms with E-state index in [9.17, 15) is 4.79 Å². The summed E-state index contributed by atoms with van der Waals surface area (Å²) in [6.45, 7) is 10.8. The van der Waals surface area contributed by atoms with Crippen LogP contribution in [0.2, 0.25) is 0 Å². The summed E-state index contributed by atoms with van der Waals surface area (Å²) in [5.41, 5.74) is 1.31. The van der Waals surface area contributed by atoms with Gasteiger partial charge in [0.05, 0.1) is 0 Å². The van der Waals surface area contributed by atoms with Crippen molar-refractivity contribution in [3.05, 3.63) is 35.9 Å². The van der Waals surface area contributed by atoms with Crippen LogP contribution in [0.3, 0.4) is 0 Å². The summed E-state index contributed by atoms with van der Waals surface area (Å²) in [5.74, 6) is 1.56. The van der Waals surface area contributed by atoms with Gasteiger partial charge in [0.1, 0.15) is 6.54 Å². The highest BCUT2D eigenvalue weighted by Gasteiger charge is 2.26. The van der Waals surface area contributed by atoms with Gasteiger partial charge in [-0.3, -0.25) is 4.79 Å². The first kappa shape index (κ1) is 22.2. The lowest BCUT2D eigenvalue weighted by atomic mass is 10.1. The number of likely N-dealkylation sites (N-methyl/N-ethyl adjacent to an activating group) is 1. The Morgan fingerprint density at radius 3 is 2.57 bits per heavy atom. The molecule has 1 N–H and O–H groups in total. The Bertz CT molecular complexity index is 613. The monoisotopic (exact) mass is 387 g/mol. The maximum absolute atomic E-state index is 12.0. The maximum Gasteiger partial charge on any atom is 0.243 e. The molecule has 0 bridgehead atoms. The van der Waals surface area contributed by atoms with Crippen LogP contribution >= 0.6 is 0 Å². The van der Waals surface area contributed by atoms with Crippen molar-refractivity contribution in [1.82, 2.24) is 20.0 Å². The molecule has 1 unspecified atom stereocenters. The van der Waals surface area contributed by atoms with Gasteiger partial charge in [0.2, 0.25) is 5.91 Å². The Morgan fingerprint density at radius 2 is 1.93 bits per heavy atom. The molecule has 1 saturated heterocycles. The molecule has 0 saturated carbocycles. The number of hydrogen-bond acceptors (Lipinski definition) is 3. The number of carbonyl (C=O) groups excluding carboxylic acids is 1. The largest absolute Gasteiger partial charge is 0.356 e. The van der Waals surface area contributed by atoms with Crippen LogP contribution in [0, 0.1) is 5.92 Å². The standard InChI is InChI=1S/C22H37N5O/c1-5-26(6-2)17-20-13-15-27(18-20)22(24-16-21(28)25(3)4)23-14-12-19-10-8-7-9-11-19/h7-11,20H,5-6,12-18H2,1-4H3,(H,23,24). The van der Waals surface area contributed by atoms with Gasteiger partial charge in [0.25, 0.3) is 0 Å². The molecule has 6 nitrogen and oxygen atoms in total. The second kappa shape index (κ2) is 11.7. The summed E-state index contributed by atoms with van der Waals surface area (Å²) in [6, 6.07) is 10.5. The molecule has 1 aromatic rings. The molecular weight excluding hydrogens is 350 g/mol. The molecule has 1 aliphatic heterocycles. The van der Waals surface area contributed by atoms with Crippen LogP contribution in [0.1, 0.15) is 25.8 Å². The van der Waals surface area contributed by atoms with Crippen LogP contribution in [0.5, 0.6) is 0 Å². The fourth-order valence-electron chi connectivity index (χ4n) is 3.54. The molecule has 6 heteroatoms. The first-order valence-corrected chi connectivity index (χ1v) is 10.5. The number of nitrogens with zero attached hydrogens (tertiary/aromatic N) is 4. The first-order valence-electron chi connectivity index (χ1n) is 10.5. The van der Waals surface area contributed by atoms with E-state index in [1.54, 1.807) is 19.0 Å². The Morgan fingerprint density at radius 1 is 1.21 bits per heavy atom. The van der Waals surface area contributed by atoms with E-state index < -0.39 is 0 Å². The lowest BCUT2D eigenvalue weighted by Gasteiger charge is -2.25. The van der Waals surface area contributed by atoms with Gasteiger partial charge >= 0.3 is 0 Å². The lowest BCUT2D eigenvalue weighted by Crippen LogP contribution is -2.42. The van der Waals surface area contributed by atoms with Crippen LogP contribution in [-0.4, -0.2) is 86.5 Å². The van der Waals surface area contributed by atoms with Gasteiger partial charge < -0.3 is 20.0 Å². The predicted octanol–water partition coefficient (Wildman–Crippen LogP) is 1.93. The lowest BCUT2D eigenvalue weighted by molar-refractivity contribution is -0.127. The fourth-order valence-corrected chi connectivity index (χ4v) is 3.54. The van der Waals surface area contributed by atoms with E-state index in [2.05, 4.69) is 58.2 Å². The van der Waals surface area contributed by atoms with Crippen molar-refractivity contribution in [2.75, 3.05) is 59.9 Å². The van der Waals surface area contributed by atoms with Crippen molar-refractivity contribution in [3.8, 4) is 0 Å². The molecule has 1 amide bonds. The number of aliphatic imine (C=N–C) groups is 1. The molecule has 1 aliphatic rings. The number of rotatable bonds is 9. The molecule has 0 aliphatic carbocycles. The second-order valence-electron chi connectivity index (χ2n) is 7.68. The zero-order valence-corrected chi connectivity index (χ0v) is 18.0. The molecule has 1 atom stereocenters. The number of nitrogens with one attached hydrogen (secondary N) is 1. The molecule has 156 valence electrons. The summed E-state index contributed by atoms with van der Waals surface area (Å²) in [5, 5.41) is 3.50. The molecule has 0 spiro atoms. The van der Waals surface area contributed by atoms with Crippen molar-refractivity contribution in [3.63, 3.8) is 0 Å². The third-order valence-corrected chi connectivity index (χ3v) is 5.40. The zero-order valence-electron chi connectivity index (χ0n) is 18.0. The Kier molecular flexibility index (Phi) is 9.28. The average molecular weight is 388 g/mol. The molecule has 0 aromatic heterocycles. The summed E-state index contributed by atoms with van der Waals surface area (Å²) in [4.78, 5) is 23.1. The molecular formula is C22H37N5O. The van der Waals surface area contributed by atoms with Crippen molar-refractivity contribution in [2.24, 2.45) is 10.9 Å². The number of hydrogen-bond donors (Lipinski definition) is 1. The van der Waals surface area contributed by atoms with Gasteiger partial charge in [-0.25, -0.2) is 4.99 Å². The number of likely N-dealkylation sites (tertiary alicyclic amines) is 1. The topological polar surface area (TPSA) is 51.2 Å². The van der Waals surface area contributed by atoms with Crippen molar-refractivity contribution >= 4 is 11.9 Å². The minimum absolute atomic E-state index is 0.0289. The van der Waals surface area contributed by atoms with E-state index in [1.807, 2.05) is 6.07 Å². The van der Waals surface area contributed by atoms with Crippen LogP contribution in [0.15, 0.2) is 35.3 Å². The highest BCUT2D eigenvalue weighted by molar-refractivity contribution is 5.85. The summed E-state index contributed by atoms with van der Waals surface area (Å²) in [7, 11) is 3.55. The highest BCUT2D eigenvalue weighted by Crippen LogP contribution is 2.17. The van der Waals surface area contributed by atoms with Crippen molar-refractivity contribution < 1.29 is 4.79 Å². The highest BCUT2D eigenvalue weighted by atomic mass is 16.2. The minimum atomic E-state index is 0.0289. The summed E-state index contributed by atoms with van der Waals surface area (Å²) in [6.07, 6.45) is 2.12. The molecule has 1 aromatic carbocycles. The van der Waals surface area contributed by atoms with Gasteiger partial charge in [-0.05, 0) is 37.4 Å². The third-order valence-electron chi connectivity index (χ3n) is 5.40. The number of amides is 1. The number of benzene rings is 1. The summed E-state index contributed by atoms with van der Waals surface area (Å²) < 4.78 is 0. The van der Waals surface area contributed by atoms with Crippen LogP contribution < -0.4 is 5.32 Å². The van der Waals surface area contributed by atoms with Gasteiger partial charge in [-0.2, -0.15) is 0 Å². The SMILES string of the molecule is CCN(CC)CC1CCN(C(=NCC(=O)N(C)C)NCCc2ccccc2)C1. The Labute approximate surface area is 170 Å². The predicted molar refractivity (Wildman–Crippen MR) is 117 cm³/mol. The van der Waals surface area contributed by atoms with Gasteiger partial charge in [-0.15, -0.1) is 0 Å². The van der Waals surface area contributed by atoms with E-state index in [1.165, 1.54) is 12.0 Å². The van der Waals surface area contributed by atoms with Crippen LogP contribution in [0.25, 0.3) is 0 Å². The normalized spacial score (nSPS) is 17.2. The van der Waals surface area contributed by atoms with Crippen molar-refractivity contribution in [2.45, 2.75) is 26.7 Å². The van der Waals surface area contributed by atoms with E-state index in [0.717, 1.165) is 51.6 Å². The van der Waals surface area contributed by atoms with E-state index in [4.69, 9.17) is 0 Å². The first-order chi connectivity index (χ1) is 13.5. The fraction of sp³-hybridized carbons (Fsp3) is 0.636. The molecule has 1 fully saturated rings. The maximum atomic E-state index is 12.0. The van der Waals surface area contributed by atoms with Gasteiger partial charge in [-0.1, -0.05) is 44.2 Å². The van der Waals surface area contributed by atoms with Gasteiger partial charge in [0.15, 0.2) is 5.96 Å². The van der Waals surface area contributed by atoms with Crippen molar-refractivity contribution in [1.29, 1.82) is 0 Å². The van der Waals surface area contributed by atoms with Gasteiger partial charge in [0, 0.05) is 40.3 Å². The molecule has 1 heterocycles. The second-order valence-corrected chi connectivity index (χ2v) is 7.68. The van der Waals surface area contributed by atoms with E-state index in [0.29, 0.717) is 5.92 Å².